The second-order valence-electron chi connectivity index (χ2n) is 4.49. The van der Waals surface area contributed by atoms with E-state index in [9.17, 15) is 0 Å². The zero-order valence-electron chi connectivity index (χ0n) is 10.5. The average Bonchev–Trinajstić information content (AvgIpc) is 2.46. The maximum Gasteiger partial charge on any atom is 0.126 e. The molecular weight excluding hydrogens is 224 g/mol. The molecule has 92 valence electrons. The lowest BCUT2D eigenvalue weighted by molar-refractivity contribution is 0.111. The first kappa shape index (κ1) is 11.3. The van der Waals surface area contributed by atoms with Crippen molar-refractivity contribution in [3.8, 4) is 16.9 Å². The Kier molecular flexibility index (Phi) is 3.03. The SMILES string of the molecule is COc1ccccc1-c1ccc2c(c1)CCOC2. The van der Waals surface area contributed by atoms with E-state index in [-0.39, 0.29) is 0 Å². The first-order valence-electron chi connectivity index (χ1n) is 6.21. The van der Waals surface area contributed by atoms with Gasteiger partial charge < -0.3 is 9.47 Å². The smallest absolute Gasteiger partial charge is 0.126 e. The van der Waals surface area contributed by atoms with Crippen molar-refractivity contribution >= 4 is 0 Å². The van der Waals surface area contributed by atoms with Crippen LogP contribution in [0.15, 0.2) is 42.5 Å². The third-order valence-electron chi connectivity index (χ3n) is 3.40. The van der Waals surface area contributed by atoms with Gasteiger partial charge in [-0.05, 0) is 29.2 Å². The Balaban J connectivity index is 2.06. The van der Waals surface area contributed by atoms with Gasteiger partial charge in [0, 0.05) is 5.56 Å². The highest BCUT2D eigenvalue weighted by molar-refractivity contribution is 5.71. The van der Waals surface area contributed by atoms with Gasteiger partial charge in [-0.2, -0.15) is 0 Å². The van der Waals surface area contributed by atoms with E-state index >= 15 is 0 Å². The van der Waals surface area contributed by atoms with Gasteiger partial charge in [0.05, 0.1) is 20.3 Å². The molecular formula is C16H16O2. The van der Waals surface area contributed by atoms with Crippen molar-refractivity contribution in [2.24, 2.45) is 0 Å². The first-order chi connectivity index (χ1) is 8.88. The van der Waals surface area contributed by atoms with Crippen molar-refractivity contribution in [3.05, 3.63) is 53.6 Å². The number of hydrogen-bond donors (Lipinski definition) is 0. The molecule has 0 atom stereocenters. The molecule has 2 heteroatoms. The van der Waals surface area contributed by atoms with Crippen molar-refractivity contribution in [1.82, 2.24) is 0 Å². The molecule has 2 aromatic carbocycles. The number of methoxy groups -OCH3 is 1. The summed E-state index contributed by atoms with van der Waals surface area (Å²) in [6.07, 6.45) is 0.998. The van der Waals surface area contributed by atoms with Crippen molar-refractivity contribution < 1.29 is 9.47 Å². The molecule has 0 saturated heterocycles. The van der Waals surface area contributed by atoms with Gasteiger partial charge in [-0.15, -0.1) is 0 Å². The van der Waals surface area contributed by atoms with Gasteiger partial charge in [-0.3, -0.25) is 0 Å². The molecule has 0 bridgehead atoms. The molecule has 1 aliphatic rings. The Bertz CT molecular complexity index is 561. The molecule has 0 fully saturated rings. The topological polar surface area (TPSA) is 18.5 Å². The van der Waals surface area contributed by atoms with Crippen LogP contribution in [0.5, 0.6) is 5.75 Å². The monoisotopic (exact) mass is 240 g/mol. The van der Waals surface area contributed by atoms with E-state index in [2.05, 4.69) is 24.3 Å². The zero-order valence-corrected chi connectivity index (χ0v) is 10.5. The normalized spacial score (nSPS) is 14.1. The number of rotatable bonds is 2. The minimum absolute atomic E-state index is 0.738. The summed E-state index contributed by atoms with van der Waals surface area (Å²) in [5, 5.41) is 0. The van der Waals surface area contributed by atoms with Crippen molar-refractivity contribution in [3.63, 3.8) is 0 Å². The molecule has 0 aliphatic carbocycles. The van der Waals surface area contributed by atoms with E-state index < -0.39 is 0 Å². The summed E-state index contributed by atoms with van der Waals surface area (Å²) in [7, 11) is 1.71. The molecule has 0 N–H and O–H groups in total. The van der Waals surface area contributed by atoms with Crippen LogP contribution in [0.25, 0.3) is 11.1 Å². The molecule has 1 aliphatic heterocycles. The number of ether oxygens (including phenoxy) is 2. The van der Waals surface area contributed by atoms with Crippen LogP contribution >= 0.6 is 0 Å². The summed E-state index contributed by atoms with van der Waals surface area (Å²) in [5.41, 5.74) is 5.06. The predicted octanol–water partition coefficient (Wildman–Crippen LogP) is 3.43. The molecule has 3 rings (SSSR count). The highest BCUT2D eigenvalue weighted by Gasteiger charge is 2.12. The van der Waals surface area contributed by atoms with Crippen LogP contribution in [-0.4, -0.2) is 13.7 Å². The highest BCUT2D eigenvalue weighted by atomic mass is 16.5. The second kappa shape index (κ2) is 4.83. The lowest BCUT2D eigenvalue weighted by Gasteiger charge is -2.18. The van der Waals surface area contributed by atoms with E-state index in [1.807, 2.05) is 18.2 Å². The lowest BCUT2D eigenvalue weighted by atomic mass is 9.96. The van der Waals surface area contributed by atoms with Crippen molar-refractivity contribution in [2.75, 3.05) is 13.7 Å². The summed E-state index contributed by atoms with van der Waals surface area (Å²) in [5.74, 6) is 0.921. The number of fused-ring (bicyclic) bond motifs is 1. The molecule has 0 saturated carbocycles. The van der Waals surface area contributed by atoms with Crippen molar-refractivity contribution in [2.45, 2.75) is 13.0 Å². The molecule has 0 unspecified atom stereocenters. The minimum Gasteiger partial charge on any atom is -0.496 e. The Morgan fingerprint density at radius 3 is 2.83 bits per heavy atom. The van der Waals surface area contributed by atoms with Crippen molar-refractivity contribution in [1.29, 1.82) is 0 Å². The van der Waals surface area contributed by atoms with Crippen LogP contribution in [0.2, 0.25) is 0 Å². The van der Waals surface area contributed by atoms with E-state index in [1.165, 1.54) is 16.7 Å². The minimum atomic E-state index is 0.738. The summed E-state index contributed by atoms with van der Waals surface area (Å²) < 4.78 is 10.9. The van der Waals surface area contributed by atoms with Gasteiger partial charge in [0.25, 0.3) is 0 Å². The third-order valence-corrected chi connectivity index (χ3v) is 3.40. The van der Waals surface area contributed by atoms with Crippen LogP contribution in [0.4, 0.5) is 0 Å². The average molecular weight is 240 g/mol. The Morgan fingerprint density at radius 2 is 1.94 bits per heavy atom. The quantitative estimate of drug-likeness (QED) is 0.800. The third kappa shape index (κ3) is 2.00. The van der Waals surface area contributed by atoms with Crippen LogP contribution < -0.4 is 4.74 Å². The molecule has 2 aromatic rings. The van der Waals surface area contributed by atoms with E-state index in [0.717, 1.165) is 30.9 Å². The fourth-order valence-corrected chi connectivity index (χ4v) is 2.41. The maximum absolute atomic E-state index is 5.46. The van der Waals surface area contributed by atoms with Crippen LogP contribution in [0, 0.1) is 0 Å². The zero-order chi connectivity index (χ0) is 12.4. The standard InChI is InChI=1S/C16H16O2/c1-17-16-5-3-2-4-15(16)13-6-7-14-11-18-9-8-12(14)10-13/h2-7,10H,8-9,11H2,1H3. The van der Waals surface area contributed by atoms with Crippen LogP contribution in [0.1, 0.15) is 11.1 Å². The molecule has 0 amide bonds. The van der Waals surface area contributed by atoms with Gasteiger partial charge in [0.1, 0.15) is 5.75 Å². The van der Waals surface area contributed by atoms with E-state index in [1.54, 1.807) is 7.11 Å². The number of benzene rings is 2. The van der Waals surface area contributed by atoms with E-state index in [0.29, 0.717) is 0 Å². The maximum atomic E-state index is 5.46. The van der Waals surface area contributed by atoms with E-state index in [4.69, 9.17) is 9.47 Å². The van der Waals surface area contributed by atoms with Gasteiger partial charge in [-0.25, -0.2) is 0 Å². The summed E-state index contributed by atoms with van der Waals surface area (Å²) in [6, 6.07) is 14.7. The van der Waals surface area contributed by atoms with Gasteiger partial charge in [-0.1, -0.05) is 36.4 Å². The van der Waals surface area contributed by atoms with Gasteiger partial charge in [0.2, 0.25) is 0 Å². The number of hydrogen-bond acceptors (Lipinski definition) is 2. The molecule has 0 aromatic heterocycles. The fourth-order valence-electron chi connectivity index (χ4n) is 2.41. The molecule has 0 radical (unpaired) electrons. The van der Waals surface area contributed by atoms with Gasteiger partial charge in [0.15, 0.2) is 0 Å². The summed E-state index contributed by atoms with van der Waals surface area (Å²) in [6.45, 7) is 1.56. The lowest BCUT2D eigenvalue weighted by Crippen LogP contribution is -2.09. The molecule has 18 heavy (non-hydrogen) atoms. The van der Waals surface area contributed by atoms with Crippen LogP contribution in [-0.2, 0) is 17.8 Å². The largest absolute Gasteiger partial charge is 0.496 e. The Morgan fingerprint density at radius 1 is 1.06 bits per heavy atom. The molecule has 2 nitrogen and oxygen atoms in total. The van der Waals surface area contributed by atoms with Gasteiger partial charge >= 0.3 is 0 Å². The second-order valence-corrected chi connectivity index (χ2v) is 4.49. The summed E-state index contributed by atoms with van der Waals surface area (Å²) in [4.78, 5) is 0. The molecule has 0 spiro atoms. The van der Waals surface area contributed by atoms with Crippen LogP contribution in [0.3, 0.4) is 0 Å². The Hall–Kier alpha value is -1.80. The first-order valence-corrected chi connectivity index (χ1v) is 6.21. The highest BCUT2D eigenvalue weighted by Crippen LogP contribution is 2.31. The molecule has 1 heterocycles. The number of para-hydroxylation sites is 1. The Labute approximate surface area is 107 Å². The predicted molar refractivity (Wildman–Crippen MR) is 71.8 cm³/mol. The fraction of sp³-hybridized carbons (Fsp3) is 0.250. The summed E-state index contributed by atoms with van der Waals surface area (Å²) >= 11 is 0.